The Morgan fingerprint density at radius 2 is 2.41 bits per heavy atom. The number of hydrogen-bond acceptors (Lipinski definition) is 3. The van der Waals surface area contributed by atoms with Crippen LogP contribution in [0.4, 0.5) is 0 Å². The molecule has 1 aromatic heterocycles. The molecule has 2 heterocycles. The molecule has 2 rings (SSSR count). The predicted octanol–water partition coefficient (Wildman–Crippen LogP) is 1.30. The highest BCUT2D eigenvalue weighted by Gasteiger charge is 2.20. The number of halogens is 1. The summed E-state index contributed by atoms with van der Waals surface area (Å²) in [6.45, 7) is 2.59. The highest BCUT2D eigenvalue weighted by molar-refractivity contribution is 5.95. The van der Waals surface area contributed by atoms with Crippen LogP contribution in [0.25, 0.3) is 0 Å². The van der Waals surface area contributed by atoms with Crippen LogP contribution < -0.4 is 5.32 Å². The van der Waals surface area contributed by atoms with Gasteiger partial charge < -0.3 is 10.3 Å². The van der Waals surface area contributed by atoms with E-state index >= 15 is 0 Å². The smallest absolute Gasteiger partial charge is 0.192 e. The fourth-order valence-corrected chi connectivity index (χ4v) is 2.15. The number of H-pyrrole nitrogens is 1. The van der Waals surface area contributed by atoms with Gasteiger partial charge in [0.1, 0.15) is 0 Å². The fourth-order valence-electron chi connectivity index (χ4n) is 2.15. The summed E-state index contributed by atoms with van der Waals surface area (Å²) < 4.78 is 0. The van der Waals surface area contributed by atoms with Crippen molar-refractivity contribution in [3.8, 4) is 0 Å². The Labute approximate surface area is 108 Å². The van der Waals surface area contributed by atoms with Gasteiger partial charge in [-0.05, 0) is 38.6 Å². The first-order valence-electron chi connectivity index (χ1n) is 5.85. The quantitative estimate of drug-likeness (QED) is 0.800. The number of hydrogen-bond donors (Lipinski definition) is 2. The Morgan fingerprint density at radius 1 is 1.59 bits per heavy atom. The molecule has 1 aliphatic heterocycles. The van der Waals surface area contributed by atoms with E-state index in [1.165, 1.54) is 12.8 Å². The number of aromatic nitrogens is 1. The van der Waals surface area contributed by atoms with Crippen molar-refractivity contribution in [3.05, 3.63) is 24.0 Å². The van der Waals surface area contributed by atoms with Gasteiger partial charge in [0.05, 0.1) is 12.2 Å². The molecule has 0 unspecified atom stereocenters. The number of ketones is 1. The second kappa shape index (κ2) is 6.79. The van der Waals surface area contributed by atoms with Crippen LogP contribution in [0.3, 0.4) is 0 Å². The fraction of sp³-hybridized carbons (Fsp3) is 0.583. The Balaban J connectivity index is 0.00000144. The zero-order valence-electron chi connectivity index (χ0n) is 10.1. The number of carbonyl (C=O) groups excluding carboxylic acids is 1. The molecule has 0 aromatic carbocycles. The Kier molecular flexibility index (Phi) is 5.68. The summed E-state index contributed by atoms with van der Waals surface area (Å²) in [7, 11) is 2.03. The summed E-state index contributed by atoms with van der Waals surface area (Å²) >= 11 is 0. The molecule has 0 radical (unpaired) electrons. The number of carbonyl (C=O) groups is 1. The van der Waals surface area contributed by atoms with Gasteiger partial charge in [-0.25, -0.2) is 0 Å². The lowest BCUT2D eigenvalue weighted by Crippen LogP contribution is -2.45. The topological polar surface area (TPSA) is 48.1 Å². The van der Waals surface area contributed by atoms with Crippen molar-refractivity contribution < 1.29 is 4.79 Å². The maximum Gasteiger partial charge on any atom is 0.192 e. The standard InChI is InChI=1S/C12H19N3O.ClH/c1-15(10-4-2-6-13-8-10)9-12(16)11-5-3-7-14-11;/h3,5,7,10,13-14H,2,4,6,8-9H2,1H3;1H/t10-;/m0./s1. The van der Waals surface area contributed by atoms with E-state index in [1.54, 1.807) is 6.20 Å². The Bertz CT molecular complexity index is 334. The predicted molar refractivity (Wildman–Crippen MR) is 70.9 cm³/mol. The molecule has 1 fully saturated rings. The minimum absolute atomic E-state index is 0. The average Bonchev–Trinajstić information content (AvgIpc) is 2.83. The average molecular weight is 258 g/mol. The molecule has 0 aliphatic carbocycles. The van der Waals surface area contributed by atoms with E-state index in [4.69, 9.17) is 0 Å². The molecular formula is C12H20ClN3O. The third-order valence-corrected chi connectivity index (χ3v) is 3.19. The molecule has 0 saturated carbocycles. The second-order valence-corrected chi connectivity index (χ2v) is 4.42. The zero-order valence-corrected chi connectivity index (χ0v) is 10.9. The van der Waals surface area contributed by atoms with E-state index in [1.807, 2.05) is 19.2 Å². The van der Waals surface area contributed by atoms with E-state index in [-0.39, 0.29) is 18.2 Å². The van der Waals surface area contributed by atoms with Gasteiger partial charge in [-0.15, -0.1) is 12.4 Å². The van der Waals surface area contributed by atoms with Crippen molar-refractivity contribution >= 4 is 18.2 Å². The first-order valence-corrected chi connectivity index (χ1v) is 5.85. The first-order chi connectivity index (χ1) is 7.77. The van der Waals surface area contributed by atoms with Crippen LogP contribution in [0, 0.1) is 0 Å². The van der Waals surface area contributed by atoms with Gasteiger partial charge in [-0.1, -0.05) is 0 Å². The van der Waals surface area contributed by atoms with Crippen molar-refractivity contribution in [2.45, 2.75) is 18.9 Å². The molecule has 96 valence electrons. The number of Topliss-reactive ketones (excluding diaryl/α,β-unsaturated/α-hetero) is 1. The molecule has 1 saturated heterocycles. The number of rotatable bonds is 4. The summed E-state index contributed by atoms with van der Waals surface area (Å²) in [6, 6.07) is 4.18. The van der Waals surface area contributed by atoms with Gasteiger partial charge in [0.2, 0.25) is 0 Å². The summed E-state index contributed by atoms with van der Waals surface area (Å²) in [6.07, 6.45) is 4.17. The van der Waals surface area contributed by atoms with Crippen molar-refractivity contribution in [1.82, 2.24) is 15.2 Å². The van der Waals surface area contributed by atoms with Crippen molar-refractivity contribution in [3.63, 3.8) is 0 Å². The molecule has 0 spiro atoms. The lowest BCUT2D eigenvalue weighted by molar-refractivity contribution is 0.0902. The van der Waals surface area contributed by atoms with E-state index in [0.717, 1.165) is 13.1 Å². The minimum Gasteiger partial charge on any atom is -0.359 e. The number of nitrogens with zero attached hydrogens (tertiary/aromatic N) is 1. The maximum atomic E-state index is 11.9. The maximum absolute atomic E-state index is 11.9. The van der Waals surface area contributed by atoms with Crippen LogP contribution in [0.1, 0.15) is 23.3 Å². The van der Waals surface area contributed by atoms with Crippen molar-refractivity contribution in [2.75, 3.05) is 26.7 Å². The van der Waals surface area contributed by atoms with E-state index in [2.05, 4.69) is 15.2 Å². The second-order valence-electron chi connectivity index (χ2n) is 4.42. The molecule has 4 nitrogen and oxygen atoms in total. The van der Waals surface area contributed by atoms with Crippen LogP contribution in [-0.2, 0) is 0 Å². The van der Waals surface area contributed by atoms with Crippen LogP contribution in [0.15, 0.2) is 18.3 Å². The van der Waals surface area contributed by atoms with E-state index < -0.39 is 0 Å². The molecular weight excluding hydrogens is 238 g/mol. The largest absolute Gasteiger partial charge is 0.359 e. The number of piperidine rings is 1. The highest BCUT2D eigenvalue weighted by atomic mass is 35.5. The van der Waals surface area contributed by atoms with Gasteiger partial charge in [0.15, 0.2) is 5.78 Å². The van der Waals surface area contributed by atoms with Crippen LogP contribution in [-0.4, -0.2) is 48.4 Å². The summed E-state index contributed by atoms with van der Waals surface area (Å²) in [5, 5.41) is 3.36. The molecule has 2 N–H and O–H groups in total. The highest BCUT2D eigenvalue weighted by Crippen LogP contribution is 2.09. The normalized spacial score (nSPS) is 20.0. The van der Waals surface area contributed by atoms with Gasteiger partial charge in [-0.2, -0.15) is 0 Å². The molecule has 1 aliphatic rings. The van der Waals surface area contributed by atoms with Gasteiger partial charge >= 0.3 is 0 Å². The summed E-state index contributed by atoms with van der Waals surface area (Å²) in [4.78, 5) is 17.0. The minimum atomic E-state index is 0. The Morgan fingerprint density at radius 3 is 3.00 bits per heavy atom. The molecule has 1 aromatic rings. The molecule has 17 heavy (non-hydrogen) atoms. The monoisotopic (exact) mass is 257 g/mol. The first kappa shape index (κ1) is 14.2. The van der Waals surface area contributed by atoms with Crippen molar-refractivity contribution in [1.29, 1.82) is 0 Å². The van der Waals surface area contributed by atoms with Crippen LogP contribution >= 0.6 is 12.4 Å². The number of likely N-dealkylation sites (N-methyl/N-ethyl adjacent to an activating group) is 1. The SMILES string of the molecule is CN(CC(=O)c1ccc[nH]1)[C@H]1CCCNC1.Cl. The summed E-state index contributed by atoms with van der Waals surface area (Å²) in [5.41, 5.74) is 0.704. The lowest BCUT2D eigenvalue weighted by atomic mass is 10.1. The van der Waals surface area contributed by atoms with Gasteiger partial charge in [-0.3, -0.25) is 9.69 Å². The Hall–Kier alpha value is -0.840. The summed E-state index contributed by atoms with van der Waals surface area (Å²) in [5.74, 6) is 0.165. The molecule has 0 amide bonds. The number of aromatic amines is 1. The third kappa shape index (κ3) is 3.84. The molecule has 1 atom stereocenters. The van der Waals surface area contributed by atoms with E-state index in [9.17, 15) is 4.79 Å². The third-order valence-electron chi connectivity index (χ3n) is 3.19. The van der Waals surface area contributed by atoms with Crippen LogP contribution in [0.2, 0.25) is 0 Å². The van der Waals surface area contributed by atoms with E-state index in [0.29, 0.717) is 18.3 Å². The lowest BCUT2D eigenvalue weighted by Gasteiger charge is -2.31. The van der Waals surface area contributed by atoms with Gasteiger partial charge in [0.25, 0.3) is 0 Å². The van der Waals surface area contributed by atoms with Gasteiger partial charge in [0, 0.05) is 18.8 Å². The zero-order chi connectivity index (χ0) is 11.4. The van der Waals surface area contributed by atoms with Crippen molar-refractivity contribution in [2.24, 2.45) is 0 Å². The van der Waals surface area contributed by atoms with Crippen LogP contribution in [0.5, 0.6) is 0 Å². The molecule has 0 bridgehead atoms. The number of nitrogens with one attached hydrogen (secondary N) is 2. The molecule has 5 heteroatoms.